The quantitative estimate of drug-likeness (QED) is 0.0971. The van der Waals surface area contributed by atoms with Crippen molar-refractivity contribution < 1.29 is 27.8 Å². The van der Waals surface area contributed by atoms with Crippen LogP contribution in [0.25, 0.3) is 0 Å². The highest BCUT2D eigenvalue weighted by atomic mass is 19.2. The summed E-state index contributed by atoms with van der Waals surface area (Å²) in [6.07, 6.45) is 17.7. The highest BCUT2D eigenvalue weighted by Crippen LogP contribution is 2.34. The Hall–Kier alpha value is -2.63. The van der Waals surface area contributed by atoms with Crippen LogP contribution in [0.3, 0.4) is 0 Å². The van der Waals surface area contributed by atoms with Crippen LogP contribution < -0.4 is 14.2 Å². The zero-order valence-electron chi connectivity index (χ0n) is 23.0. The number of benzene rings is 2. The molecule has 0 aromatic heterocycles. The maximum Gasteiger partial charge on any atom is 0.346 e. The van der Waals surface area contributed by atoms with Crippen molar-refractivity contribution in [1.82, 2.24) is 0 Å². The summed E-state index contributed by atoms with van der Waals surface area (Å²) in [5, 5.41) is 0. The van der Waals surface area contributed by atoms with Gasteiger partial charge in [0.2, 0.25) is 5.82 Å². The summed E-state index contributed by atoms with van der Waals surface area (Å²) in [5.41, 5.74) is -0.480. The molecule has 0 radical (unpaired) electrons. The second-order valence-corrected chi connectivity index (χ2v) is 10.4. The van der Waals surface area contributed by atoms with Crippen molar-refractivity contribution in [3.63, 3.8) is 0 Å². The molecular weight excluding hydrogens is 486 g/mol. The van der Waals surface area contributed by atoms with E-state index in [9.17, 15) is 13.6 Å². The van der Waals surface area contributed by atoms with Crippen LogP contribution in [0.15, 0.2) is 36.4 Å². The van der Waals surface area contributed by atoms with Crippen molar-refractivity contribution in [2.45, 2.75) is 103 Å². The molecule has 0 amide bonds. The minimum absolute atomic E-state index is 0.177. The van der Waals surface area contributed by atoms with Gasteiger partial charge in [-0.25, -0.2) is 9.18 Å². The van der Waals surface area contributed by atoms with E-state index in [2.05, 4.69) is 6.92 Å². The maximum absolute atomic E-state index is 14.7. The van der Waals surface area contributed by atoms with Gasteiger partial charge in [0.05, 0.1) is 18.8 Å². The predicted octanol–water partition coefficient (Wildman–Crippen LogP) is 9.44. The third kappa shape index (κ3) is 10.6. The molecule has 0 bridgehead atoms. The van der Waals surface area contributed by atoms with Gasteiger partial charge >= 0.3 is 5.97 Å². The van der Waals surface area contributed by atoms with Gasteiger partial charge in [0.1, 0.15) is 0 Å². The molecule has 2 aromatic carbocycles. The highest BCUT2D eigenvalue weighted by Gasteiger charge is 2.22. The summed E-state index contributed by atoms with van der Waals surface area (Å²) in [4.78, 5) is 12.7. The summed E-state index contributed by atoms with van der Waals surface area (Å²) in [5.74, 6) is -2.04. The normalized spacial score (nSPS) is 12.9. The maximum atomic E-state index is 14.7. The van der Waals surface area contributed by atoms with E-state index in [1.165, 1.54) is 76.3 Å². The lowest BCUT2D eigenvalue weighted by Crippen LogP contribution is -2.13. The van der Waals surface area contributed by atoms with Crippen molar-refractivity contribution in [2.75, 3.05) is 13.2 Å². The van der Waals surface area contributed by atoms with Gasteiger partial charge in [0.15, 0.2) is 23.1 Å². The zero-order chi connectivity index (χ0) is 27.0. The van der Waals surface area contributed by atoms with E-state index in [0.29, 0.717) is 19.0 Å². The molecule has 1 saturated carbocycles. The average Bonchev–Trinajstić information content (AvgIpc) is 3.75. The van der Waals surface area contributed by atoms with Crippen LogP contribution in [0.1, 0.15) is 114 Å². The van der Waals surface area contributed by atoms with Crippen LogP contribution >= 0.6 is 0 Å². The van der Waals surface area contributed by atoms with E-state index in [1.54, 1.807) is 24.3 Å². The van der Waals surface area contributed by atoms with Crippen LogP contribution in [0.2, 0.25) is 0 Å². The van der Waals surface area contributed by atoms with Crippen LogP contribution in [-0.4, -0.2) is 19.2 Å². The Balaban J connectivity index is 1.41. The SMILES string of the molecule is CCCCCCCCOc1ccccc1OC(=O)c1ccc(OCCCCCCCCC2CC2)c(F)c1F. The third-order valence-electron chi connectivity index (χ3n) is 7.04. The number of carbonyl (C=O) groups excluding carboxylic acids is 1. The fourth-order valence-corrected chi connectivity index (χ4v) is 4.50. The number of halogens is 2. The average molecular weight is 531 g/mol. The van der Waals surface area contributed by atoms with E-state index < -0.39 is 23.2 Å². The molecule has 1 fully saturated rings. The molecule has 1 aliphatic carbocycles. The molecule has 3 rings (SSSR count). The Kier molecular flexibility index (Phi) is 13.4. The molecule has 38 heavy (non-hydrogen) atoms. The number of unbranched alkanes of at least 4 members (excludes halogenated alkanes) is 10. The summed E-state index contributed by atoms with van der Waals surface area (Å²) in [6, 6.07) is 9.23. The number of para-hydroxylation sites is 2. The van der Waals surface area contributed by atoms with E-state index in [4.69, 9.17) is 14.2 Å². The van der Waals surface area contributed by atoms with Crippen molar-refractivity contribution in [3.05, 3.63) is 53.6 Å². The molecule has 0 spiro atoms. The standard InChI is InChI=1S/C32H44F2O4/c1-2-3-4-5-9-14-23-36-27-17-12-13-18-28(27)38-32(35)26-21-22-29(31(34)30(26)33)37-24-15-10-7-6-8-11-16-25-19-20-25/h12-13,17-18,21-22,25H,2-11,14-16,19-20,23-24H2,1H3. The van der Waals surface area contributed by atoms with Gasteiger partial charge in [-0.1, -0.05) is 103 Å². The molecule has 1 aliphatic rings. The number of hydrogen-bond acceptors (Lipinski definition) is 4. The lowest BCUT2D eigenvalue weighted by Gasteiger charge is -2.13. The van der Waals surface area contributed by atoms with Gasteiger partial charge in [-0.15, -0.1) is 0 Å². The van der Waals surface area contributed by atoms with Crippen molar-refractivity contribution in [3.8, 4) is 17.2 Å². The first-order valence-corrected chi connectivity index (χ1v) is 14.6. The fraction of sp³-hybridized carbons (Fsp3) is 0.594. The number of carbonyl (C=O) groups is 1. The predicted molar refractivity (Wildman–Crippen MR) is 147 cm³/mol. The molecule has 0 atom stereocenters. The van der Waals surface area contributed by atoms with Crippen molar-refractivity contribution in [2.24, 2.45) is 5.92 Å². The highest BCUT2D eigenvalue weighted by molar-refractivity contribution is 5.91. The molecule has 0 unspecified atom stereocenters. The first-order valence-electron chi connectivity index (χ1n) is 14.6. The number of ether oxygens (including phenoxy) is 3. The first kappa shape index (κ1) is 29.9. The molecular formula is C32H44F2O4. The lowest BCUT2D eigenvalue weighted by atomic mass is 10.1. The summed E-state index contributed by atoms with van der Waals surface area (Å²) in [6.45, 7) is 2.99. The monoisotopic (exact) mass is 530 g/mol. The second kappa shape index (κ2) is 17.1. The van der Waals surface area contributed by atoms with Crippen LogP contribution in [0, 0.1) is 17.6 Å². The van der Waals surface area contributed by atoms with E-state index in [-0.39, 0.29) is 11.5 Å². The van der Waals surface area contributed by atoms with Gasteiger partial charge in [-0.05, 0) is 43.0 Å². The Morgan fingerprint density at radius 2 is 1.29 bits per heavy atom. The molecule has 4 nitrogen and oxygen atoms in total. The summed E-state index contributed by atoms with van der Waals surface area (Å²) >= 11 is 0. The van der Waals surface area contributed by atoms with Crippen LogP contribution in [0.4, 0.5) is 8.78 Å². The van der Waals surface area contributed by atoms with E-state index >= 15 is 0 Å². The molecule has 2 aromatic rings. The largest absolute Gasteiger partial charge is 0.490 e. The Labute approximate surface area is 227 Å². The van der Waals surface area contributed by atoms with Gasteiger partial charge < -0.3 is 14.2 Å². The number of hydrogen-bond donors (Lipinski definition) is 0. The summed E-state index contributed by atoms with van der Waals surface area (Å²) < 4.78 is 45.9. The molecule has 0 heterocycles. The zero-order valence-corrected chi connectivity index (χ0v) is 23.0. The molecule has 0 saturated heterocycles. The minimum atomic E-state index is -1.27. The minimum Gasteiger partial charge on any atom is -0.490 e. The van der Waals surface area contributed by atoms with Gasteiger partial charge in [-0.2, -0.15) is 4.39 Å². The van der Waals surface area contributed by atoms with Gasteiger partial charge in [0.25, 0.3) is 0 Å². The third-order valence-corrected chi connectivity index (χ3v) is 7.04. The fourth-order valence-electron chi connectivity index (χ4n) is 4.50. The number of rotatable bonds is 20. The smallest absolute Gasteiger partial charge is 0.346 e. The number of esters is 1. The molecule has 210 valence electrons. The Morgan fingerprint density at radius 1 is 0.711 bits per heavy atom. The second-order valence-electron chi connectivity index (χ2n) is 10.4. The molecule has 0 aliphatic heterocycles. The Bertz CT molecular complexity index is 974. The Morgan fingerprint density at radius 3 is 1.95 bits per heavy atom. The lowest BCUT2D eigenvalue weighted by molar-refractivity contribution is 0.0721. The van der Waals surface area contributed by atoms with Crippen molar-refractivity contribution in [1.29, 1.82) is 0 Å². The van der Waals surface area contributed by atoms with E-state index in [1.807, 2.05) is 0 Å². The topological polar surface area (TPSA) is 44.8 Å². The van der Waals surface area contributed by atoms with Crippen molar-refractivity contribution >= 4 is 5.97 Å². The van der Waals surface area contributed by atoms with E-state index in [0.717, 1.165) is 38.0 Å². The van der Waals surface area contributed by atoms with Gasteiger partial charge in [0, 0.05) is 0 Å². The van der Waals surface area contributed by atoms with Crippen LogP contribution in [0.5, 0.6) is 17.2 Å². The van der Waals surface area contributed by atoms with Crippen LogP contribution in [-0.2, 0) is 0 Å². The van der Waals surface area contributed by atoms with Gasteiger partial charge in [-0.3, -0.25) is 0 Å². The molecule has 0 N–H and O–H groups in total. The molecule has 6 heteroatoms. The summed E-state index contributed by atoms with van der Waals surface area (Å²) in [7, 11) is 0. The first-order chi connectivity index (χ1) is 18.6.